The van der Waals surface area contributed by atoms with Gasteiger partial charge in [0.15, 0.2) is 0 Å². The van der Waals surface area contributed by atoms with Gasteiger partial charge in [-0.25, -0.2) is 0 Å². The summed E-state index contributed by atoms with van der Waals surface area (Å²) in [4.78, 5) is 11.6. The molecule has 1 N–H and O–H groups in total. The second-order valence-corrected chi connectivity index (χ2v) is 5.09. The largest absolute Gasteiger partial charge is 0.494 e. The van der Waals surface area contributed by atoms with E-state index >= 15 is 0 Å². The van der Waals surface area contributed by atoms with Gasteiger partial charge in [0.1, 0.15) is 5.75 Å². The third kappa shape index (κ3) is 5.44. The second kappa shape index (κ2) is 8.02. The number of aryl methyl sites for hydroxylation is 2. The minimum Gasteiger partial charge on any atom is -0.494 e. The van der Waals surface area contributed by atoms with Crippen molar-refractivity contribution in [2.75, 3.05) is 13.2 Å². The summed E-state index contributed by atoms with van der Waals surface area (Å²) in [7, 11) is 1.84. The van der Waals surface area contributed by atoms with Gasteiger partial charge in [-0.1, -0.05) is 12.1 Å². The maximum absolute atomic E-state index is 11.6. The van der Waals surface area contributed by atoms with Crippen LogP contribution in [0.5, 0.6) is 5.75 Å². The molecular formula is C17H21N3O2. The summed E-state index contributed by atoms with van der Waals surface area (Å²) in [6, 6.07) is 7.93. The molecule has 2 aromatic rings. The predicted octanol–water partition coefficient (Wildman–Crippen LogP) is 2.33. The molecule has 0 aliphatic rings. The number of amides is 1. The number of nitrogens with zero attached hydrogens (tertiary/aromatic N) is 2. The predicted molar refractivity (Wildman–Crippen MR) is 86.5 cm³/mol. The molecule has 5 nitrogen and oxygen atoms in total. The Kier molecular flexibility index (Phi) is 5.77. The van der Waals surface area contributed by atoms with Crippen LogP contribution in [0.3, 0.4) is 0 Å². The van der Waals surface area contributed by atoms with E-state index in [9.17, 15) is 4.79 Å². The standard InChI is InChI=1S/C17H21N3O2/c1-14-5-3-6-16(11-14)22-10-4-9-18-17(21)8-7-15-12-19-20(2)13-15/h3,5-8,11-13H,4,9-10H2,1-2H3,(H,18,21). The maximum atomic E-state index is 11.6. The fourth-order valence-corrected chi connectivity index (χ4v) is 1.94. The molecule has 1 amide bonds. The zero-order chi connectivity index (χ0) is 15.8. The van der Waals surface area contributed by atoms with Gasteiger partial charge >= 0.3 is 0 Å². The molecule has 1 heterocycles. The minimum absolute atomic E-state index is 0.112. The summed E-state index contributed by atoms with van der Waals surface area (Å²) in [6.07, 6.45) is 7.57. The Hall–Kier alpha value is -2.56. The van der Waals surface area contributed by atoms with Crippen LogP contribution in [0.25, 0.3) is 6.08 Å². The minimum atomic E-state index is -0.112. The highest BCUT2D eigenvalue weighted by Gasteiger charge is 1.97. The van der Waals surface area contributed by atoms with Gasteiger partial charge in [-0.15, -0.1) is 0 Å². The number of rotatable bonds is 7. The van der Waals surface area contributed by atoms with Crippen LogP contribution in [0.4, 0.5) is 0 Å². The van der Waals surface area contributed by atoms with E-state index in [1.807, 2.05) is 44.4 Å². The molecule has 0 bridgehead atoms. The summed E-state index contributed by atoms with van der Waals surface area (Å²) in [5.74, 6) is 0.752. The van der Waals surface area contributed by atoms with Gasteiger partial charge in [0, 0.05) is 31.4 Å². The molecule has 0 saturated carbocycles. The topological polar surface area (TPSA) is 56.1 Å². The quantitative estimate of drug-likeness (QED) is 0.630. The zero-order valence-electron chi connectivity index (χ0n) is 13.0. The molecule has 2 rings (SSSR count). The van der Waals surface area contributed by atoms with Crippen molar-refractivity contribution < 1.29 is 9.53 Å². The molecular weight excluding hydrogens is 278 g/mol. The average molecular weight is 299 g/mol. The lowest BCUT2D eigenvalue weighted by Gasteiger charge is -2.07. The maximum Gasteiger partial charge on any atom is 0.244 e. The first-order chi connectivity index (χ1) is 10.6. The lowest BCUT2D eigenvalue weighted by Crippen LogP contribution is -2.23. The van der Waals surface area contributed by atoms with Gasteiger partial charge in [-0.2, -0.15) is 5.10 Å². The van der Waals surface area contributed by atoms with Crippen LogP contribution in [0.2, 0.25) is 0 Å². The van der Waals surface area contributed by atoms with Crippen molar-refractivity contribution in [2.24, 2.45) is 7.05 Å². The van der Waals surface area contributed by atoms with E-state index in [1.54, 1.807) is 17.0 Å². The van der Waals surface area contributed by atoms with Gasteiger partial charge < -0.3 is 10.1 Å². The first-order valence-corrected chi connectivity index (χ1v) is 7.27. The Morgan fingerprint density at radius 2 is 2.32 bits per heavy atom. The molecule has 0 aliphatic carbocycles. The Bertz CT molecular complexity index is 647. The number of carbonyl (C=O) groups is 1. The first kappa shape index (κ1) is 15.8. The molecule has 0 aliphatic heterocycles. The Labute approximate surface area is 130 Å². The van der Waals surface area contributed by atoms with Crippen molar-refractivity contribution >= 4 is 12.0 Å². The zero-order valence-corrected chi connectivity index (χ0v) is 13.0. The normalized spacial score (nSPS) is 10.8. The number of carbonyl (C=O) groups excluding carboxylic acids is 1. The number of nitrogens with one attached hydrogen (secondary N) is 1. The summed E-state index contributed by atoms with van der Waals surface area (Å²) < 4.78 is 7.32. The molecule has 0 unspecified atom stereocenters. The SMILES string of the molecule is Cc1cccc(OCCCNC(=O)C=Cc2cnn(C)c2)c1. The van der Waals surface area contributed by atoms with Gasteiger partial charge in [0.25, 0.3) is 0 Å². The number of hydrogen-bond acceptors (Lipinski definition) is 3. The number of ether oxygens (including phenoxy) is 1. The van der Waals surface area contributed by atoms with E-state index < -0.39 is 0 Å². The Morgan fingerprint density at radius 3 is 3.05 bits per heavy atom. The molecule has 0 radical (unpaired) electrons. The van der Waals surface area contributed by atoms with E-state index in [4.69, 9.17) is 4.74 Å². The van der Waals surface area contributed by atoms with Crippen molar-refractivity contribution in [3.05, 3.63) is 53.9 Å². The van der Waals surface area contributed by atoms with Crippen LogP contribution in [-0.2, 0) is 11.8 Å². The average Bonchev–Trinajstić information content (AvgIpc) is 2.90. The summed E-state index contributed by atoms with van der Waals surface area (Å²) >= 11 is 0. The fraction of sp³-hybridized carbons (Fsp3) is 0.294. The van der Waals surface area contributed by atoms with Crippen LogP contribution in [0.15, 0.2) is 42.7 Å². The lowest BCUT2D eigenvalue weighted by atomic mass is 10.2. The van der Waals surface area contributed by atoms with Crippen molar-refractivity contribution in [2.45, 2.75) is 13.3 Å². The molecule has 1 aromatic carbocycles. The highest BCUT2D eigenvalue weighted by atomic mass is 16.5. The molecule has 22 heavy (non-hydrogen) atoms. The van der Waals surface area contributed by atoms with Crippen LogP contribution in [0, 0.1) is 6.92 Å². The summed E-state index contributed by atoms with van der Waals surface area (Å²) in [5.41, 5.74) is 2.08. The van der Waals surface area contributed by atoms with Gasteiger partial charge in [0.05, 0.1) is 12.8 Å². The van der Waals surface area contributed by atoms with Crippen LogP contribution < -0.4 is 10.1 Å². The van der Waals surface area contributed by atoms with Gasteiger partial charge in [-0.3, -0.25) is 9.48 Å². The highest BCUT2D eigenvalue weighted by Crippen LogP contribution is 2.12. The molecule has 0 saturated heterocycles. The number of benzene rings is 1. The molecule has 0 fully saturated rings. The number of hydrogen-bond donors (Lipinski definition) is 1. The van der Waals surface area contributed by atoms with Gasteiger partial charge in [0.2, 0.25) is 5.91 Å². The molecule has 1 aromatic heterocycles. The van der Waals surface area contributed by atoms with E-state index in [0.717, 1.165) is 17.7 Å². The molecule has 0 spiro atoms. The van der Waals surface area contributed by atoms with Crippen molar-refractivity contribution in [1.29, 1.82) is 0 Å². The van der Waals surface area contributed by atoms with E-state index in [2.05, 4.69) is 10.4 Å². The first-order valence-electron chi connectivity index (χ1n) is 7.27. The Balaban J connectivity index is 1.62. The molecule has 5 heteroatoms. The van der Waals surface area contributed by atoms with E-state index in [1.165, 1.54) is 11.6 Å². The van der Waals surface area contributed by atoms with Crippen molar-refractivity contribution in [3.63, 3.8) is 0 Å². The van der Waals surface area contributed by atoms with Crippen molar-refractivity contribution in [1.82, 2.24) is 15.1 Å². The highest BCUT2D eigenvalue weighted by molar-refractivity contribution is 5.91. The molecule has 116 valence electrons. The summed E-state index contributed by atoms with van der Waals surface area (Å²) in [5, 5.41) is 6.86. The molecule has 0 atom stereocenters. The Morgan fingerprint density at radius 1 is 1.45 bits per heavy atom. The van der Waals surface area contributed by atoms with E-state index in [0.29, 0.717) is 13.2 Å². The summed E-state index contributed by atoms with van der Waals surface area (Å²) in [6.45, 7) is 3.19. The van der Waals surface area contributed by atoms with Gasteiger partial charge in [-0.05, 0) is 37.1 Å². The second-order valence-electron chi connectivity index (χ2n) is 5.09. The monoisotopic (exact) mass is 299 g/mol. The van der Waals surface area contributed by atoms with Crippen LogP contribution in [-0.4, -0.2) is 28.8 Å². The van der Waals surface area contributed by atoms with Crippen molar-refractivity contribution in [3.8, 4) is 5.75 Å². The van der Waals surface area contributed by atoms with Crippen LogP contribution >= 0.6 is 0 Å². The third-order valence-electron chi connectivity index (χ3n) is 3.03. The smallest absolute Gasteiger partial charge is 0.244 e. The van der Waals surface area contributed by atoms with Crippen LogP contribution in [0.1, 0.15) is 17.5 Å². The third-order valence-corrected chi connectivity index (χ3v) is 3.03. The van der Waals surface area contributed by atoms with E-state index in [-0.39, 0.29) is 5.91 Å². The fourth-order valence-electron chi connectivity index (χ4n) is 1.94. The lowest BCUT2D eigenvalue weighted by molar-refractivity contribution is -0.116. The number of aromatic nitrogens is 2.